The van der Waals surface area contributed by atoms with Crippen LogP contribution in [0.5, 0.6) is 0 Å². The van der Waals surface area contributed by atoms with Crippen LogP contribution < -0.4 is 0 Å². The Kier molecular flexibility index (Phi) is 4.01. The Bertz CT molecular complexity index is 266. The van der Waals surface area contributed by atoms with E-state index in [-0.39, 0.29) is 0 Å². The van der Waals surface area contributed by atoms with Crippen molar-refractivity contribution >= 4 is 0 Å². The van der Waals surface area contributed by atoms with Crippen LogP contribution in [0.15, 0.2) is 12.4 Å². The summed E-state index contributed by atoms with van der Waals surface area (Å²) in [5.41, 5.74) is 1.24. The Balaban J connectivity index is 2.73. The van der Waals surface area contributed by atoms with E-state index in [2.05, 4.69) is 35.9 Å². The molecule has 14 heavy (non-hydrogen) atoms. The number of hydrogen-bond acceptors (Lipinski definition) is 3. The maximum Gasteiger partial charge on any atom is 0.125 e. The molecule has 0 fully saturated rings. The van der Waals surface area contributed by atoms with E-state index < -0.39 is 0 Å². The van der Waals surface area contributed by atoms with E-state index in [0.717, 1.165) is 18.8 Å². The molecule has 1 aromatic rings. The van der Waals surface area contributed by atoms with Crippen LogP contribution in [0.4, 0.5) is 0 Å². The molecule has 1 heterocycles. The highest BCUT2D eigenvalue weighted by molar-refractivity contribution is 5.11. The Morgan fingerprint density at radius 3 is 2.29 bits per heavy atom. The summed E-state index contributed by atoms with van der Waals surface area (Å²) >= 11 is 0. The molecule has 0 aliphatic heterocycles. The van der Waals surface area contributed by atoms with Gasteiger partial charge in [0.05, 0.1) is 0 Å². The predicted molar refractivity (Wildman–Crippen MR) is 58.4 cm³/mol. The third kappa shape index (κ3) is 3.07. The third-order valence-corrected chi connectivity index (χ3v) is 2.35. The number of aryl methyl sites for hydroxylation is 1. The third-order valence-electron chi connectivity index (χ3n) is 2.35. The molecule has 1 aromatic heterocycles. The molecular weight excluding hydrogens is 174 g/mol. The van der Waals surface area contributed by atoms with E-state index in [9.17, 15) is 0 Å². The summed E-state index contributed by atoms with van der Waals surface area (Å²) in [6, 6.07) is 0. The molecule has 1 unspecified atom stereocenters. The summed E-state index contributed by atoms with van der Waals surface area (Å²) in [6.07, 6.45) is 5.02. The number of nitrogens with zero attached hydrogens (tertiary/aromatic N) is 3. The molecule has 0 aliphatic rings. The Labute approximate surface area is 86.2 Å². The van der Waals surface area contributed by atoms with Gasteiger partial charge in [-0.2, -0.15) is 0 Å². The fourth-order valence-electron chi connectivity index (χ4n) is 1.52. The second kappa shape index (κ2) is 5.05. The zero-order valence-electron chi connectivity index (χ0n) is 9.49. The normalized spacial score (nSPS) is 13.2. The highest BCUT2D eigenvalue weighted by atomic mass is 15.1. The lowest BCUT2D eigenvalue weighted by Crippen LogP contribution is -2.20. The predicted octanol–water partition coefficient (Wildman–Crippen LogP) is 1.84. The van der Waals surface area contributed by atoms with E-state index >= 15 is 0 Å². The summed E-state index contributed by atoms with van der Waals surface area (Å²) in [5.74, 6) is 1.39. The van der Waals surface area contributed by atoms with Crippen LogP contribution in [0.2, 0.25) is 0 Å². The van der Waals surface area contributed by atoms with E-state index in [1.54, 1.807) is 0 Å². The largest absolute Gasteiger partial charge is 0.309 e. The van der Waals surface area contributed by atoms with Gasteiger partial charge in [0.15, 0.2) is 0 Å². The van der Waals surface area contributed by atoms with Gasteiger partial charge in [-0.1, -0.05) is 6.92 Å². The van der Waals surface area contributed by atoms with Crippen LogP contribution in [0.3, 0.4) is 0 Å². The van der Waals surface area contributed by atoms with Crippen molar-refractivity contribution in [3.8, 4) is 0 Å². The van der Waals surface area contributed by atoms with E-state index in [0.29, 0.717) is 5.92 Å². The van der Waals surface area contributed by atoms with Crippen LogP contribution in [0, 0.1) is 6.92 Å². The van der Waals surface area contributed by atoms with Gasteiger partial charge < -0.3 is 4.90 Å². The molecule has 78 valence electrons. The first-order valence-corrected chi connectivity index (χ1v) is 5.06. The topological polar surface area (TPSA) is 29.0 Å². The van der Waals surface area contributed by atoms with Crippen molar-refractivity contribution in [1.29, 1.82) is 0 Å². The minimum Gasteiger partial charge on any atom is -0.309 e. The lowest BCUT2D eigenvalue weighted by atomic mass is 9.99. The second-order valence-corrected chi connectivity index (χ2v) is 3.93. The first-order valence-electron chi connectivity index (χ1n) is 5.06. The molecule has 1 rings (SSSR count). The summed E-state index contributed by atoms with van der Waals surface area (Å²) in [7, 11) is 4.19. The molecule has 0 radical (unpaired) electrons. The van der Waals surface area contributed by atoms with Crippen LogP contribution in [-0.4, -0.2) is 35.5 Å². The standard InChI is InChI=1S/C11H19N3/c1-5-10(8-14(3)4)11-6-12-9(2)13-7-11/h6-7,10H,5,8H2,1-4H3. The highest BCUT2D eigenvalue weighted by Gasteiger charge is 2.10. The maximum absolute atomic E-state index is 4.23. The minimum atomic E-state index is 0.547. The highest BCUT2D eigenvalue weighted by Crippen LogP contribution is 2.18. The molecular formula is C11H19N3. The average Bonchev–Trinajstić information content (AvgIpc) is 2.15. The minimum absolute atomic E-state index is 0.547. The van der Waals surface area contributed by atoms with Gasteiger partial charge in [-0.3, -0.25) is 0 Å². The Hall–Kier alpha value is -0.960. The fraction of sp³-hybridized carbons (Fsp3) is 0.636. The van der Waals surface area contributed by atoms with Crippen molar-refractivity contribution < 1.29 is 0 Å². The van der Waals surface area contributed by atoms with Crippen molar-refractivity contribution in [2.75, 3.05) is 20.6 Å². The quantitative estimate of drug-likeness (QED) is 0.730. The molecule has 0 saturated heterocycles. The van der Waals surface area contributed by atoms with Crippen LogP contribution in [0.25, 0.3) is 0 Å². The first kappa shape index (κ1) is 11.1. The molecule has 0 bridgehead atoms. The summed E-state index contributed by atoms with van der Waals surface area (Å²) in [5, 5.41) is 0. The van der Waals surface area contributed by atoms with Crippen molar-refractivity contribution in [1.82, 2.24) is 14.9 Å². The molecule has 0 amide bonds. The molecule has 0 aliphatic carbocycles. The van der Waals surface area contributed by atoms with Gasteiger partial charge in [0.25, 0.3) is 0 Å². The fourth-order valence-corrected chi connectivity index (χ4v) is 1.52. The van der Waals surface area contributed by atoms with Gasteiger partial charge in [-0.15, -0.1) is 0 Å². The van der Waals surface area contributed by atoms with E-state index in [4.69, 9.17) is 0 Å². The molecule has 0 aromatic carbocycles. The molecule has 3 nitrogen and oxygen atoms in total. The van der Waals surface area contributed by atoms with Crippen LogP contribution >= 0.6 is 0 Å². The van der Waals surface area contributed by atoms with Crippen LogP contribution in [0.1, 0.15) is 30.7 Å². The van der Waals surface area contributed by atoms with Gasteiger partial charge in [0, 0.05) is 18.9 Å². The molecule has 0 saturated carbocycles. The SMILES string of the molecule is CCC(CN(C)C)c1cnc(C)nc1. The van der Waals surface area contributed by atoms with E-state index in [1.807, 2.05) is 19.3 Å². The van der Waals surface area contributed by atoms with Crippen molar-refractivity contribution in [3.05, 3.63) is 23.8 Å². The lowest BCUT2D eigenvalue weighted by Gasteiger charge is -2.19. The Morgan fingerprint density at radius 1 is 1.29 bits per heavy atom. The molecule has 0 N–H and O–H groups in total. The second-order valence-electron chi connectivity index (χ2n) is 3.93. The van der Waals surface area contributed by atoms with Crippen molar-refractivity contribution in [2.45, 2.75) is 26.2 Å². The van der Waals surface area contributed by atoms with Crippen LogP contribution in [-0.2, 0) is 0 Å². The monoisotopic (exact) mass is 193 g/mol. The number of rotatable bonds is 4. The van der Waals surface area contributed by atoms with Gasteiger partial charge >= 0.3 is 0 Å². The summed E-state index contributed by atoms with van der Waals surface area (Å²) in [4.78, 5) is 10.7. The van der Waals surface area contributed by atoms with Gasteiger partial charge in [-0.25, -0.2) is 9.97 Å². The zero-order valence-corrected chi connectivity index (χ0v) is 9.49. The zero-order chi connectivity index (χ0) is 10.6. The molecule has 3 heteroatoms. The number of aromatic nitrogens is 2. The van der Waals surface area contributed by atoms with Gasteiger partial charge in [-0.05, 0) is 38.9 Å². The Morgan fingerprint density at radius 2 is 1.86 bits per heavy atom. The summed E-state index contributed by atoms with van der Waals surface area (Å²) in [6.45, 7) is 5.17. The molecule has 1 atom stereocenters. The smallest absolute Gasteiger partial charge is 0.125 e. The number of hydrogen-bond donors (Lipinski definition) is 0. The summed E-state index contributed by atoms with van der Waals surface area (Å²) < 4.78 is 0. The van der Waals surface area contributed by atoms with Crippen molar-refractivity contribution in [3.63, 3.8) is 0 Å². The van der Waals surface area contributed by atoms with E-state index in [1.165, 1.54) is 5.56 Å². The van der Waals surface area contributed by atoms with Crippen molar-refractivity contribution in [2.24, 2.45) is 0 Å². The average molecular weight is 193 g/mol. The number of likely N-dealkylation sites (N-methyl/N-ethyl adjacent to an activating group) is 1. The van der Waals surface area contributed by atoms with Gasteiger partial charge in [0.1, 0.15) is 5.82 Å². The molecule has 0 spiro atoms. The lowest BCUT2D eigenvalue weighted by molar-refractivity contribution is 0.367. The first-order chi connectivity index (χ1) is 6.63. The maximum atomic E-state index is 4.23. The van der Waals surface area contributed by atoms with Gasteiger partial charge in [0.2, 0.25) is 0 Å².